The third-order valence-corrected chi connectivity index (χ3v) is 5.68. The SMILES string of the molecule is Cl.Cl.O=[N+]([O-])c1cc2c(cc1[C@H](C1CCCCC1)N1CCNCC1)OCO2. The summed E-state index contributed by atoms with van der Waals surface area (Å²) in [7, 11) is 0. The number of nitro groups is 1. The van der Waals surface area contributed by atoms with Crippen LogP contribution in [0.1, 0.15) is 43.7 Å². The van der Waals surface area contributed by atoms with Crippen LogP contribution in [0.4, 0.5) is 5.69 Å². The van der Waals surface area contributed by atoms with Gasteiger partial charge in [0.2, 0.25) is 6.79 Å². The smallest absolute Gasteiger partial charge is 0.278 e. The lowest BCUT2D eigenvalue weighted by Crippen LogP contribution is -2.47. The summed E-state index contributed by atoms with van der Waals surface area (Å²) in [6.45, 7) is 3.85. The Bertz CT molecular complexity index is 632. The Kier molecular flexibility index (Phi) is 7.97. The zero-order chi connectivity index (χ0) is 17.2. The highest BCUT2D eigenvalue weighted by Gasteiger charge is 2.37. The van der Waals surface area contributed by atoms with E-state index in [1.54, 1.807) is 6.07 Å². The standard InChI is InChI=1S/C18H25N3O4.2ClH/c22-21(23)15-11-17-16(24-12-25-17)10-14(15)18(13-4-2-1-3-5-13)20-8-6-19-7-9-20;;/h10-11,13,18-19H,1-9,12H2;2*1H/t18-;;/m0../s1. The number of piperazine rings is 1. The molecule has 0 amide bonds. The van der Waals surface area contributed by atoms with Gasteiger partial charge in [-0.25, -0.2) is 0 Å². The monoisotopic (exact) mass is 419 g/mol. The third-order valence-electron chi connectivity index (χ3n) is 5.68. The molecule has 7 nitrogen and oxygen atoms in total. The van der Waals surface area contributed by atoms with Crippen LogP contribution >= 0.6 is 24.8 Å². The number of hydrogen-bond acceptors (Lipinski definition) is 6. The Labute approximate surface area is 171 Å². The van der Waals surface area contributed by atoms with Gasteiger partial charge in [0.05, 0.1) is 16.6 Å². The normalized spacial score (nSPS) is 21.0. The van der Waals surface area contributed by atoms with Crippen LogP contribution in [-0.2, 0) is 0 Å². The Hall–Kier alpha value is -1.28. The van der Waals surface area contributed by atoms with Gasteiger partial charge in [0, 0.05) is 32.2 Å². The van der Waals surface area contributed by atoms with E-state index in [0.717, 1.165) is 44.6 Å². The van der Waals surface area contributed by atoms with Crippen molar-refractivity contribution in [1.82, 2.24) is 10.2 Å². The summed E-state index contributed by atoms with van der Waals surface area (Å²) in [5, 5.41) is 15.2. The summed E-state index contributed by atoms with van der Waals surface area (Å²) in [6.07, 6.45) is 5.98. The van der Waals surface area contributed by atoms with Gasteiger partial charge in [0.25, 0.3) is 5.69 Å². The number of nitro benzene ring substituents is 1. The van der Waals surface area contributed by atoms with E-state index in [1.807, 2.05) is 6.07 Å². The second kappa shape index (κ2) is 9.78. The van der Waals surface area contributed by atoms with E-state index in [-0.39, 0.29) is 48.3 Å². The molecule has 1 saturated heterocycles. The highest BCUT2D eigenvalue weighted by atomic mass is 35.5. The largest absolute Gasteiger partial charge is 0.454 e. The lowest BCUT2D eigenvalue weighted by molar-refractivity contribution is -0.386. The number of halogens is 2. The van der Waals surface area contributed by atoms with E-state index in [4.69, 9.17) is 9.47 Å². The molecule has 4 rings (SSSR count). The van der Waals surface area contributed by atoms with E-state index in [0.29, 0.717) is 17.4 Å². The highest BCUT2D eigenvalue weighted by Crippen LogP contribution is 2.46. The number of ether oxygens (including phenoxy) is 2. The molecule has 2 fully saturated rings. The maximum absolute atomic E-state index is 11.8. The van der Waals surface area contributed by atoms with Crippen molar-refractivity contribution in [2.75, 3.05) is 33.0 Å². The fraction of sp³-hybridized carbons (Fsp3) is 0.667. The Morgan fingerprint density at radius 3 is 2.33 bits per heavy atom. The maximum atomic E-state index is 11.8. The van der Waals surface area contributed by atoms with E-state index >= 15 is 0 Å². The lowest BCUT2D eigenvalue weighted by Gasteiger charge is -2.41. The first-order valence-electron chi connectivity index (χ1n) is 9.27. The minimum Gasteiger partial charge on any atom is -0.454 e. The van der Waals surface area contributed by atoms with Crippen LogP contribution < -0.4 is 14.8 Å². The summed E-state index contributed by atoms with van der Waals surface area (Å²) in [4.78, 5) is 13.9. The molecular weight excluding hydrogens is 393 g/mol. The van der Waals surface area contributed by atoms with Gasteiger partial charge in [0.15, 0.2) is 11.5 Å². The summed E-state index contributed by atoms with van der Waals surface area (Å²) >= 11 is 0. The van der Waals surface area contributed by atoms with E-state index in [9.17, 15) is 10.1 Å². The van der Waals surface area contributed by atoms with Crippen molar-refractivity contribution in [2.24, 2.45) is 5.92 Å². The molecule has 0 radical (unpaired) electrons. The number of fused-ring (bicyclic) bond motifs is 1. The fourth-order valence-corrected chi connectivity index (χ4v) is 4.50. The molecule has 0 spiro atoms. The van der Waals surface area contributed by atoms with Crippen molar-refractivity contribution in [1.29, 1.82) is 0 Å². The molecule has 1 aliphatic carbocycles. The number of nitrogens with one attached hydrogen (secondary N) is 1. The van der Waals surface area contributed by atoms with Gasteiger partial charge < -0.3 is 14.8 Å². The van der Waals surface area contributed by atoms with Gasteiger partial charge in [-0.05, 0) is 24.8 Å². The van der Waals surface area contributed by atoms with Crippen LogP contribution in [0, 0.1) is 16.0 Å². The van der Waals surface area contributed by atoms with Gasteiger partial charge in [-0.2, -0.15) is 0 Å². The summed E-state index contributed by atoms with van der Waals surface area (Å²) in [6, 6.07) is 3.49. The minimum absolute atomic E-state index is 0. The van der Waals surface area contributed by atoms with Gasteiger partial charge in [-0.15, -0.1) is 24.8 Å². The second-order valence-electron chi connectivity index (χ2n) is 7.15. The molecule has 1 N–H and O–H groups in total. The first kappa shape index (κ1) is 22.0. The van der Waals surface area contributed by atoms with Crippen molar-refractivity contribution in [3.8, 4) is 11.5 Å². The van der Waals surface area contributed by atoms with Crippen molar-refractivity contribution in [3.05, 3.63) is 27.8 Å². The Morgan fingerprint density at radius 2 is 1.70 bits per heavy atom. The van der Waals surface area contributed by atoms with E-state index in [1.165, 1.54) is 19.3 Å². The van der Waals surface area contributed by atoms with Crippen molar-refractivity contribution < 1.29 is 14.4 Å². The topological polar surface area (TPSA) is 76.9 Å². The van der Waals surface area contributed by atoms with Gasteiger partial charge in [-0.3, -0.25) is 15.0 Å². The fourth-order valence-electron chi connectivity index (χ4n) is 4.50. The minimum atomic E-state index is -0.269. The predicted molar refractivity (Wildman–Crippen MR) is 107 cm³/mol. The molecule has 152 valence electrons. The molecule has 0 unspecified atom stereocenters. The zero-order valence-electron chi connectivity index (χ0n) is 15.2. The summed E-state index contributed by atoms with van der Waals surface area (Å²) < 4.78 is 10.9. The molecule has 1 saturated carbocycles. The summed E-state index contributed by atoms with van der Waals surface area (Å²) in [5.41, 5.74) is 0.960. The molecule has 2 aliphatic heterocycles. The third kappa shape index (κ3) is 4.59. The Morgan fingerprint density at radius 1 is 1.07 bits per heavy atom. The molecule has 0 aromatic heterocycles. The van der Waals surface area contributed by atoms with Crippen LogP contribution in [0.2, 0.25) is 0 Å². The number of hydrogen-bond donors (Lipinski definition) is 1. The average molecular weight is 420 g/mol. The van der Waals surface area contributed by atoms with Crippen LogP contribution in [-0.4, -0.2) is 42.8 Å². The Balaban J connectivity index is 0.00000131. The van der Waals surface area contributed by atoms with Crippen molar-refractivity contribution in [2.45, 2.75) is 38.1 Å². The maximum Gasteiger partial charge on any atom is 0.278 e. The quantitative estimate of drug-likeness (QED) is 0.592. The van der Waals surface area contributed by atoms with E-state index < -0.39 is 0 Å². The highest BCUT2D eigenvalue weighted by molar-refractivity contribution is 5.85. The van der Waals surface area contributed by atoms with Crippen LogP contribution in [0.25, 0.3) is 0 Å². The molecule has 1 aromatic rings. The first-order valence-corrected chi connectivity index (χ1v) is 9.27. The summed E-state index contributed by atoms with van der Waals surface area (Å²) in [5.74, 6) is 1.58. The molecule has 0 bridgehead atoms. The van der Waals surface area contributed by atoms with Gasteiger partial charge in [0.1, 0.15) is 0 Å². The lowest BCUT2D eigenvalue weighted by atomic mass is 9.79. The average Bonchev–Trinajstić information content (AvgIpc) is 3.10. The van der Waals surface area contributed by atoms with Crippen molar-refractivity contribution in [3.63, 3.8) is 0 Å². The van der Waals surface area contributed by atoms with Crippen molar-refractivity contribution >= 4 is 30.5 Å². The number of benzene rings is 1. The first-order chi connectivity index (χ1) is 12.2. The van der Waals surface area contributed by atoms with Crippen LogP contribution in [0.15, 0.2) is 12.1 Å². The zero-order valence-corrected chi connectivity index (χ0v) is 16.9. The molecule has 2 heterocycles. The van der Waals surface area contributed by atoms with Crippen LogP contribution in [0.3, 0.4) is 0 Å². The molecular formula is C18H27Cl2N3O4. The predicted octanol–water partition coefficient (Wildman–Crippen LogP) is 3.69. The van der Waals surface area contributed by atoms with Crippen LogP contribution in [0.5, 0.6) is 11.5 Å². The van der Waals surface area contributed by atoms with E-state index in [2.05, 4.69) is 10.2 Å². The molecule has 27 heavy (non-hydrogen) atoms. The molecule has 9 heteroatoms. The molecule has 1 atom stereocenters. The number of nitrogens with zero attached hydrogens (tertiary/aromatic N) is 2. The second-order valence-corrected chi connectivity index (χ2v) is 7.15. The van der Waals surface area contributed by atoms with Gasteiger partial charge in [-0.1, -0.05) is 19.3 Å². The number of rotatable bonds is 4. The molecule has 1 aromatic carbocycles. The van der Waals surface area contributed by atoms with Gasteiger partial charge >= 0.3 is 0 Å². The molecule has 3 aliphatic rings.